The van der Waals surface area contributed by atoms with E-state index in [0.717, 1.165) is 6.07 Å². The Morgan fingerprint density at radius 3 is 2.37 bits per heavy atom. The van der Waals surface area contributed by atoms with Crippen molar-refractivity contribution in [3.8, 4) is 11.5 Å². The van der Waals surface area contributed by atoms with Gasteiger partial charge in [-0.05, 0) is 25.1 Å². The second-order valence-electron chi connectivity index (χ2n) is 5.24. The number of nitrogens with zero attached hydrogens (tertiary/aromatic N) is 1. The maximum Gasteiger partial charge on any atom is 0.338 e. The second kappa shape index (κ2) is 8.65. The zero-order chi connectivity index (χ0) is 20.0. The van der Waals surface area contributed by atoms with E-state index in [1.807, 2.05) is 0 Å². The fourth-order valence-corrected chi connectivity index (χ4v) is 2.34. The minimum absolute atomic E-state index is 0.130. The average molecular weight is 374 g/mol. The zero-order valence-electron chi connectivity index (χ0n) is 15.0. The summed E-state index contributed by atoms with van der Waals surface area (Å²) in [5.41, 5.74) is -0.114. The van der Waals surface area contributed by atoms with Gasteiger partial charge in [0.15, 0.2) is 11.5 Å². The Morgan fingerprint density at radius 2 is 1.78 bits per heavy atom. The van der Waals surface area contributed by atoms with E-state index in [4.69, 9.17) is 14.2 Å². The molecule has 1 N–H and O–H groups in total. The number of anilines is 1. The molecule has 0 aliphatic carbocycles. The number of ether oxygens (including phenoxy) is 3. The molecule has 27 heavy (non-hydrogen) atoms. The first-order chi connectivity index (χ1) is 12.9. The molecule has 9 nitrogen and oxygen atoms in total. The molecule has 0 aliphatic heterocycles. The van der Waals surface area contributed by atoms with Crippen LogP contribution in [0.25, 0.3) is 0 Å². The van der Waals surface area contributed by atoms with Crippen LogP contribution in [0.4, 0.5) is 11.4 Å². The summed E-state index contributed by atoms with van der Waals surface area (Å²) in [4.78, 5) is 35.0. The van der Waals surface area contributed by atoms with Crippen molar-refractivity contribution in [3.63, 3.8) is 0 Å². The van der Waals surface area contributed by atoms with Crippen molar-refractivity contribution in [2.24, 2.45) is 0 Å². The number of carbonyl (C=O) groups is 2. The number of carbonyl (C=O) groups excluding carboxylic acids is 2. The Kier molecular flexibility index (Phi) is 6.32. The molecule has 1 amide bonds. The number of nitrogens with one attached hydrogen (secondary N) is 1. The summed E-state index contributed by atoms with van der Waals surface area (Å²) in [6, 6.07) is 8.40. The Morgan fingerprint density at radius 1 is 1.11 bits per heavy atom. The van der Waals surface area contributed by atoms with Crippen LogP contribution in [0.3, 0.4) is 0 Å². The minimum atomic E-state index is -0.733. The third kappa shape index (κ3) is 4.51. The lowest BCUT2D eigenvalue weighted by Crippen LogP contribution is -2.15. The standard InChI is InChI=1S/C18H18N2O7/c1-4-27-18(22)11-6-5-7-12(8-11)19-17(21)13-9-15(25-2)16(26-3)10-14(13)20(23)24/h5-10H,4H2,1-3H3,(H,19,21). The van der Waals surface area contributed by atoms with Crippen LogP contribution >= 0.6 is 0 Å². The molecule has 2 rings (SSSR count). The number of nitro groups is 1. The Hall–Kier alpha value is -3.62. The maximum atomic E-state index is 12.6. The lowest BCUT2D eigenvalue weighted by molar-refractivity contribution is -0.385. The number of benzene rings is 2. The molecule has 0 saturated carbocycles. The van der Waals surface area contributed by atoms with Crippen LogP contribution in [0, 0.1) is 10.1 Å². The SMILES string of the molecule is CCOC(=O)c1cccc(NC(=O)c2cc(OC)c(OC)cc2[N+](=O)[O-])c1. The highest BCUT2D eigenvalue weighted by Gasteiger charge is 2.24. The van der Waals surface area contributed by atoms with E-state index in [1.54, 1.807) is 19.1 Å². The summed E-state index contributed by atoms with van der Waals surface area (Å²) in [5, 5.41) is 13.9. The number of hydrogen-bond donors (Lipinski definition) is 1. The number of methoxy groups -OCH3 is 2. The maximum absolute atomic E-state index is 12.6. The van der Waals surface area contributed by atoms with E-state index < -0.39 is 22.5 Å². The van der Waals surface area contributed by atoms with Gasteiger partial charge in [-0.15, -0.1) is 0 Å². The van der Waals surface area contributed by atoms with Gasteiger partial charge in [-0.1, -0.05) is 6.07 Å². The van der Waals surface area contributed by atoms with Crippen LogP contribution < -0.4 is 14.8 Å². The third-order valence-corrected chi connectivity index (χ3v) is 3.57. The molecule has 0 saturated heterocycles. The lowest BCUT2D eigenvalue weighted by Gasteiger charge is -2.11. The van der Waals surface area contributed by atoms with Crippen molar-refractivity contribution < 1.29 is 28.7 Å². The van der Waals surface area contributed by atoms with Crippen molar-refractivity contribution in [3.05, 3.63) is 57.6 Å². The minimum Gasteiger partial charge on any atom is -0.493 e. The van der Waals surface area contributed by atoms with Crippen molar-refractivity contribution >= 4 is 23.3 Å². The predicted molar refractivity (Wildman–Crippen MR) is 96.6 cm³/mol. The molecule has 0 unspecified atom stereocenters. The highest BCUT2D eigenvalue weighted by Crippen LogP contribution is 2.34. The molecule has 0 aliphatic rings. The number of amides is 1. The monoisotopic (exact) mass is 374 g/mol. The highest BCUT2D eigenvalue weighted by atomic mass is 16.6. The molecule has 2 aromatic carbocycles. The van der Waals surface area contributed by atoms with Crippen molar-refractivity contribution in [1.29, 1.82) is 0 Å². The zero-order valence-corrected chi connectivity index (χ0v) is 15.0. The van der Waals surface area contributed by atoms with Gasteiger partial charge in [-0.3, -0.25) is 14.9 Å². The summed E-state index contributed by atoms with van der Waals surface area (Å²) in [5.74, 6) is -0.965. The molecule has 0 spiro atoms. The molecule has 0 heterocycles. The number of rotatable bonds is 7. The average Bonchev–Trinajstić information content (AvgIpc) is 2.67. The summed E-state index contributed by atoms with van der Waals surface area (Å²) >= 11 is 0. The molecule has 0 atom stereocenters. The first kappa shape index (κ1) is 19.7. The van der Waals surface area contributed by atoms with Crippen LogP contribution in [-0.2, 0) is 4.74 Å². The van der Waals surface area contributed by atoms with Gasteiger partial charge in [0.25, 0.3) is 11.6 Å². The van der Waals surface area contributed by atoms with E-state index in [-0.39, 0.29) is 34.9 Å². The first-order valence-corrected chi connectivity index (χ1v) is 7.90. The van der Waals surface area contributed by atoms with Crippen LogP contribution in [0.2, 0.25) is 0 Å². The van der Waals surface area contributed by atoms with Gasteiger partial charge in [0.2, 0.25) is 0 Å². The lowest BCUT2D eigenvalue weighted by atomic mass is 10.1. The van der Waals surface area contributed by atoms with E-state index in [0.29, 0.717) is 0 Å². The summed E-state index contributed by atoms with van der Waals surface area (Å²) < 4.78 is 15.0. The fourth-order valence-electron chi connectivity index (χ4n) is 2.34. The molecular formula is C18H18N2O7. The van der Waals surface area contributed by atoms with Crippen molar-refractivity contribution in [2.45, 2.75) is 6.92 Å². The predicted octanol–water partition coefficient (Wildman–Crippen LogP) is 3.04. The van der Waals surface area contributed by atoms with E-state index in [1.165, 1.54) is 32.4 Å². The third-order valence-electron chi connectivity index (χ3n) is 3.57. The van der Waals surface area contributed by atoms with Gasteiger partial charge in [0.1, 0.15) is 5.56 Å². The largest absolute Gasteiger partial charge is 0.493 e. The Balaban J connectivity index is 2.37. The fraction of sp³-hybridized carbons (Fsp3) is 0.222. The smallest absolute Gasteiger partial charge is 0.338 e. The van der Waals surface area contributed by atoms with Crippen LogP contribution in [0.1, 0.15) is 27.6 Å². The van der Waals surface area contributed by atoms with E-state index >= 15 is 0 Å². The number of hydrogen-bond acceptors (Lipinski definition) is 7. The van der Waals surface area contributed by atoms with Crippen molar-refractivity contribution in [1.82, 2.24) is 0 Å². The molecule has 0 fully saturated rings. The molecule has 9 heteroatoms. The van der Waals surface area contributed by atoms with Crippen LogP contribution in [-0.4, -0.2) is 37.6 Å². The van der Waals surface area contributed by atoms with Gasteiger partial charge in [-0.25, -0.2) is 4.79 Å². The van der Waals surface area contributed by atoms with E-state index in [9.17, 15) is 19.7 Å². The molecular weight excluding hydrogens is 356 g/mol. The first-order valence-electron chi connectivity index (χ1n) is 7.90. The molecule has 2 aromatic rings. The van der Waals surface area contributed by atoms with Crippen LogP contribution in [0.5, 0.6) is 11.5 Å². The topological polar surface area (TPSA) is 117 Å². The Labute approximate surface area is 155 Å². The van der Waals surface area contributed by atoms with Gasteiger partial charge in [0.05, 0.1) is 37.4 Å². The number of nitro benzene ring substituents is 1. The summed E-state index contributed by atoms with van der Waals surface area (Å²) in [7, 11) is 2.69. The van der Waals surface area contributed by atoms with Gasteiger partial charge in [-0.2, -0.15) is 0 Å². The highest BCUT2D eigenvalue weighted by molar-refractivity contribution is 6.08. The van der Waals surface area contributed by atoms with Gasteiger partial charge in [0, 0.05) is 11.8 Å². The normalized spacial score (nSPS) is 10.0. The molecule has 0 bridgehead atoms. The van der Waals surface area contributed by atoms with Crippen molar-refractivity contribution in [2.75, 3.05) is 26.1 Å². The van der Waals surface area contributed by atoms with Gasteiger partial charge >= 0.3 is 5.97 Å². The molecule has 0 aromatic heterocycles. The summed E-state index contributed by atoms with van der Waals surface area (Å²) in [6.07, 6.45) is 0. The van der Waals surface area contributed by atoms with E-state index in [2.05, 4.69) is 5.32 Å². The second-order valence-corrected chi connectivity index (χ2v) is 5.24. The quantitative estimate of drug-likeness (QED) is 0.450. The molecule has 142 valence electrons. The summed E-state index contributed by atoms with van der Waals surface area (Å²) in [6.45, 7) is 1.90. The van der Waals surface area contributed by atoms with Crippen LogP contribution in [0.15, 0.2) is 36.4 Å². The Bertz CT molecular complexity index is 880. The number of esters is 1. The van der Waals surface area contributed by atoms with Gasteiger partial charge < -0.3 is 19.5 Å². The molecule has 0 radical (unpaired) electrons.